The van der Waals surface area contributed by atoms with Gasteiger partial charge in [-0.05, 0) is 44.2 Å². The van der Waals surface area contributed by atoms with Crippen molar-refractivity contribution in [2.45, 2.75) is 32.5 Å². The highest BCUT2D eigenvalue weighted by Gasteiger charge is 2.15. The van der Waals surface area contributed by atoms with E-state index < -0.39 is 0 Å². The predicted octanol–water partition coefficient (Wildman–Crippen LogP) is 2.68. The zero-order valence-corrected chi connectivity index (χ0v) is 14.0. The van der Waals surface area contributed by atoms with E-state index in [1.165, 1.54) is 0 Å². The summed E-state index contributed by atoms with van der Waals surface area (Å²) in [5, 5.41) is 11.7. The SMILES string of the molecule is COc1ccc(-c2nc(CN[C@H](C)[C@H](C)n3cccn3)no2)cc1. The van der Waals surface area contributed by atoms with Gasteiger partial charge < -0.3 is 14.6 Å². The van der Waals surface area contributed by atoms with Crippen molar-refractivity contribution < 1.29 is 9.26 Å². The maximum Gasteiger partial charge on any atom is 0.257 e. The molecular weight excluding hydrogens is 306 g/mol. The molecule has 1 aromatic carbocycles. The van der Waals surface area contributed by atoms with Crippen LogP contribution in [-0.4, -0.2) is 33.1 Å². The Labute approximate surface area is 140 Å². The molecule has 0 unspecified atom stereocenters. The van der Waals surface area contributed by atoms with E-state index in [-0.39, 0.29) is 12.1 Å². The molecule has 0 spiro atoms. The summed E-state index contributed by atoms with van der Waals surface area (Å²) < 4.78 is 12.4. The van der Waals surface area contributed by atoms with Crippen LogP contribution in [0.25, 0.3) is 11.5 Å². The van der Waals surface area contributed by atoms with Gasteiger partial charge in [0, 0.05) is 24.0 Å². The molecule has 2 aromatic heterocycles. The Kier molecular flexibility index (Phi) is 4.90. The molecule has 3 aromatic rings. The van der Waals surface area contributed by atoms with E-state index in [2.05, 4.69) is 34.4 Å². The third-order valence-electron chi connectivity index (χ3n) is 4.05. The van der Waals surface area contributed by atoms with Crippen LogP contribution >= 0.6 is 0 Å². The predicted molar refractivity (Wildman–Crippen MR) is 89.5 cm³/mol. The van der Waals surface area contributed by atoms with Gasteiger partial charge in [-0.2, -0.15) is 10.1 Å². The van der Waals surface area contributed by atoms with Gasteiger partial charge in [-0.15, -0.1) is 0 Å². The van der Waals surface area contributed by atoms with E-state index in [1.807, 2.05) is 41.2 Å². The van der Waals surface area contributed by atoms with E-state index >= 15 is 0 Å². The van der Waals surface area contributed by atoms with E-state index in [0.29, 0.717) is 18.3 Å². The molecule has 1 N–H and O–H groups in total. The van der Waals surface area contributed by atoms with Gasteiger partial charge in [0.2, 0.25) is 0 Å². The van der Waals surface area contributed by atoms with Gasteiger partial charge in [-0.3, -0.25) is 4.68 Å². The van der Waals surface area contributed by atoms with Crippen LogP contribution in [0.3, 0.4) is 0 Å². The normalized spacial score (nSPS) is 13.6. The molecule has 7 nitrogen and oxygen atoms in total. The van der Waals surface area contributed by atoms with Crippen molar-refractivity contribution in [1.29, 1.82) is 0 Å². The molecule has 7 heteroatoms. The Morgan fingerprint density at radius 1 is 1.25 bits per heavy atom. The second-order valence-corrected chi connectivity index (χ2v) is 5.64. The highest BCUT2D eigenvalue weighted by molar-refractivity contribution is 5.54. The molecule has 0 amide bonds. The highest BCUT2D eigenvalue weighted by atomic mass is 16.5. The first-order valence-corrected chi connectivity index (χ1v) is 7.87. The minimum absolute atomic E-state index is 0.216. The number of methoxy groups -OCH3 is 1. The molecule has 0 aliphatic carbocycles. The van der Waals surface area contributed by atoms with Crippen LogP contribution < -0.4 is 10.1 Å². The van der Waals surface area contributed by atoms with Crippen LogP contribution in [0.5, 0.6) is 5.75 Å². The second-order valence-electron chi connectivity index (χ2n) is 5.64. The number of aromatic nitrogens is 4. The summed E-state index contributed by atoms with van der Waals surface area (Å²) in [5.41, 5.74) is 0.868. The average Bonchev–Trinajstić information content (AvgIpc) is 3.31. The third-order valence-corrected chi connectivity index (χ3v) is 4.05. The molecule has 0 radical (unpaired) electrons. The van der Waals surface area contributed by atoms with Gasteiger partial charge in [-0.1, -0.05) is 5.16 Å². The van der Waals surface area contributed by atoms with Crippen LogP contribution in [0, 0.1) is 0 Å². The van der Waals surface area contributed by atoms with Crippen molar-refractivity contribution in [2.75, 3.05) is 7.11 Å². The van der Waals surface area contributed by atoms with E-state index in [1.54, 1.807) is 13.3 Å². The molecule has 0 aliphatic heterocycles. The number of nitrogens with one attached hydrogen (secondary N) is 1. The lowest BCUT2D eigenvalue weighted by atomic mass is 10.2. The van der Waals surface area contributed by atoms with Crippen molar-refractivity contribution >= 4 is 0 Å². The molecule has 0 bridgehead atoms. The van der Waals surface area contributed by atoms with Crippen LogP contribution in [0.15, 0.2) is 47.2 Å². The number of ether oxygens (including phenoxy) is 1. The Hall–Kier alpha value is -2.67. The first-order valence-electron chi connectivity index (χ1n) is 7.87. The Morgan fingerprint density at radius 3 is 2.71 bits per heavy atom. The van der Waals surface area contributed by atoms with Gasteiger partial charge in [0.25, 0.3) is 5.89 Å². The third kappa shape index (κ3) is 3.62. The topological polar surface area (TPSA) is 78.0 Å². The summed E-state index contributed by atoms with van der Waals surface area (Å²) in [6.07, 6.45) is 3.74. The first kappa shape index (κ1) is 16.2. The van der Waals surface area contributed by atoms with E-state index in [4.69, 9.17) is 9.26 Å². The molecule has 2 heterocycles. The number of hydrogen-bond donors (Lipinski definition) is 1. The summed E-state index contributed by atoms with van der Waals surface area (Å²) >= 11 is 0. The quantitative estimate of drug-likeness (QED) is 0.719. The molecule has 24 heavy (non-hydrogen) atoms. The van der Waals surface area contributed by atoms with Crippen LogP contribution in [0.1, 0.15) is 25.7 Å². The largest absolute Gasteiger partial charge is 0.497 e. The van der Waals surface area contributed by atoms with Crippen LogP contribution in [0.4, 0.5) is 0 Å². The zero-order valence-electron chi connectivity index (χ0n) is 14.0. The number of nitrogens with zero attached hydrogens (tertiary/aromatic N) is 4. The lowest BCUT2D eigenvalue weighted by molar-refractivity contribution is 0.357. The Morgan fingerprint density at radius 2 is 2.04 bits per heavy atom. The molecular formula is C17H21N5O2. The van der Waals surface area contributed by atoms with Crippen molar-refractivity contribution in [1.82, 2.24) is 25.2 Å². The lowest BCUT2D eigenvalue weighted by Crippen LogP contribution is -2.33. The van der Waals surface area contributed by atoms with Crippen molar-refractivity contribution in [3.05, 3.63) is 48.5 Å². The fraction of sp³-hybridized carbons (Fsp3) is 0.353. The van der Waals surface area contributed by atoms with Gasteiger partial charge in [0.05, 0.1) is 19.7 Å². The first-order chi connectivity index (χ1) is 11.7. The summed E-state index contributed by atoms with van der Waals surface area (Å²) in [6.45, 7) is 4.76. The number of benzene rings is 1. The highest BCUT2D eigenvalue weighted by Crippen LogP contribution is 2.20. The molecule has 0 fully saturated rings. The van der Waals surface area contributed by atoms with Crippen LogP contribution in [-0.2, 0) is 6.54 Å². The minimum atomic E-state index is 0.216. The summed E-state index contributed by atoms with van der Waals surface area (Å²) in [6, 6.07) is 9.89. The second kappa shape index (κ2) is 7.27. The van der Waals surface area contributed by atoms with Gasteiger partial charge in [0.15, 0.2) is 5.82 Å². The minimum Gasteiger partial charge on any atom is -0.497 e. The monoisotopic (exact) mass is 327 g/mol. The van der Waals surface area contributed by atoms with Gasteiger partial charge in [-0.25, -0.2) is 0 Å². The molecule has 0 saturated carbocycles. The fourth-order valence-electron chi connectivity index (χ4n) is 2.35. The number of rotatable bonds is 7. The molecule has 126 valence electrons. The lowest BCUT2D eigenvalue weighted by Gasteiger charge is -2.20. The maximum atomic E-state index is 5.33. The summed E-state index contributed by atoms with van der Waals surface area (Å²) in [5.74, 6) is 1.92. The Bertz CT molecular complexity index is 752. The number of hydrogen-bond acceptors (Lipinski definition) is 6. The van der Waals surface area contributed by atoms with Crippen molar-refractivity contribution in [3.63, 3.8) is 0 Å². The zero-order chi connectivity index (χ0) is 16.9. The molecule has 0 saturated heterocycles. The van der Waals surface area contributed by atoms with E-state index in [9.17, 15) is 0 Å². The Balaban J connectivity index is 1.59. The van der Waals surface area contributed by atoms with Crippen molar-refractivity contribution in [3.8, 4) is 17.2 Å². The van der Waals surface area contributed by atoms with Gasteiger partial charge >= 0.3 is 0 Å². The van der Waals surface area contributed by atoms with Crippen LogP contribution in [0.2, 0.25) is 0 Å². The summed E-state index contributed by atoms with van der Waals surface area (Å²) in [4.78, 5) is 4.43. The van der Waals surface area contributed by atoms with Crippen molar-refractivity contribution in [2.24, 2.45) is 0 Å². The smallest absolute Gasteiger partial charge is 0.257 e. The van der Waals surface area contributed by atoms with Gasteiger partial charge in [0.1, 0.15) is 5.75 Å². The maximum absolute atomic E-state index is 5.33. The molecule has 0 aliphatic rings. The molecule has 3 rings (SSSR count). The average molecular weight is 327 g/mol. The molecule has 2 atom stereocenters. The van der Waals surface area contributed by atoms with E-state index in [0.717, 1.165) is 11.3 Å². The standard InChI is InChI=1S/C17H21N5O2/c1-12(13(2)22-10-4-9-19-22)18-11-16-20-17(24-21-16)14-5-7-15(23-3)8-6-14/h4-10,12-13,18H,11H2,1-3H3/t12-,13+/m1/s1. The summed E-state index contributed by atoms with van der Waals surface area (Å²) in [7, 11) is 1.64. The fourth-order valence-corrected chi connectivity index (χ4v) is 2.35.